The van der Waals surface area contributed by atoms with Gasteiger partial charge in [-0.1, -0.05) is 67.1 Å². The Kier molecular flexibility index (Phi) is 7.53. The molecule has 3 aromatic rings. The highest BCUT2D eigenvalue weighted by molar-refractivity contribution is 8.26. The van der Waals surface area contributed by atoms with Gasteiger partial charge in [-0.3, -0.25) is 9.69 Å². The lowest BCUT2D eigenvalue weighted by Gasteiger charge is -2.09. The number of thiocarbonyl (C=S) groups is 1. The molecule has 170 valence electrons. The molecule has 1 fully saturated rings. The Balaban J connectivity index is 1.75. The number of unbranched alkanes of at least 4 members (excludes halogenated alkanes) is 1. The maximum atomic E-state index is 12.8. The highest BCUT2D eigenvalue weighted by Crippen LogP contribution is 2.36. The van der Waals surface area contributed by atoms with E-state index in [1.165, 1.54) is 11.8 Å². The highest BCUT2D eigenvalue weighted by atomic mass is 35.5. The lowest BCUT2D eigenvalue weighted by Crippen LogP contribution is -2.27. The SMILES string of the molecule is CCCCOc1ccc(-c2nn(-c3ccccc3)cc2C=C2SC(=S)N(CC)C2=O)cc1Cl. The minimum absolute atomic E-state index is 0.0800. The van der Waals surface area contributed by atoms with Crippen LogP contribution in [0.15, 0.2) is 59.6 Å². The van der Waals surface area contributed by atoms with Crippen LogP contribution in [-0.4, -0.2) is 38.1 Å². The van der Waals surface area contributed by atoms with Crippen LogP contribution in [0.4, 0.5) is 0 Å². The van der Waals surface area contributed by atoms with E-state index in [0.717, 1.165) is 35.3 Å². The number of ether oxygens (including phenoxy) is 1. The summed E-state index contributed by atoms with van der Waals surface area (Å²) in [6.45, 7) is 5.21. The van der Waals surface area contributed by atoms with Crippen molar-refractivity contribution in [2.75, 3.05) is 13.2 Å². The smallest absolute Gasteiger partial charge is 0.266 e. The van der Waals surface area contributed by atoms with Gasteiger partial charge in [-0.05, 0) is 49.8 Å². The van der Waals surface area contributed by atoms with Gasteiger partial charge < -0.3 is 4.74 Å². The van der Waals surface area contributed by atoms with Crippen LogP contribution in [0.3, 0.4) is 0 Å². The van der Waals surface area contributed by atoms with Crippen molar-refractivity contribution in [3.63, 3.8) is 0 Å². The molecule has 1 aliphatic rings. The number of carbonyl (C=O) groups is 1. The molecule has 1 saturated heterocycles. The number of para-hydroxylation sites is 1. The van der Waals surface area contributed by atoms with Gasteiger partial charge in [0.1, 0.15) is 15.8 Å². The summed E-state index contributed by atoms with van der Waals surface area (Å²) in [4.78, 5) is 15.0. The van der Waals surface area contributed by atoms with Crippen LogP contribution in [0.5, 0.6) is 5.75 Å². The standard InChI is InChI=1S/C25H24ClN3O2S2/c1-3-5-13-31-21-12-11-17(14-20(21)26)23-18(15-22-24(30)28(4-2)25(32)33-22)16-29(27-23)19-9-7-6-8-10-19/h6-12,14-16H,3-5,13H2,1-2H3. The van der Waals surface area contributed by atoms with E-state index in [0.29, 0.717) is 33.1 Å². The summed E-state index contributed by atoms with van der Waals surface area (Å²) in [6.07, 6.45) is 5.80. The van der Waals surface area contributed by atoms with Gasteiger partial charge in [0.25, 0.3) is 5.91 Å². The van der Waals surface area contributed by atoms with Crippen LogP contribution in [-0.2, 0) is 4.79 Å². The molecule has 1 amide bonds. The number of nitrogens with zero attached hydrogens (tertiary/aromatic N) is 3. The second-order valence-corrected chi connectivity index (χ2v) is 9.57. The summed E-state index contributed by atoms with van der Waals surface area (Å²) in [5, 5.41) is 5.36. The van der Waals surface area contributed by atoms with Crippen LogP contribution in [0.2, 0.25) is 5.02 Å². The Labute approximate surface area is 208 Å². The first-order valence-corrected chi connectivity index (χ1v) is 12.4. The fraction of sp³-hybridized carbons (Fsp3) is 0.240. The van der Waals surface area contributed by atoms with E-state index in [1.54, 1.807) is 9.58 Å². The van der Waals surface area contributed by atoms with E-state index in [-0.39, 0.29) is 5.91 Å². The van der Waals surface area contributed by atoms with Crippen molar-refractivity contribution in [2.45, 2.75) is 26.7 Å². The molecule has 2 heterocycles. The van der Waals surface area contributed by atoms with Crippen molar-refractivity contribution in [1.82, 2.24) is 14.7 Å². The number of hydrogen-bond donors (Lipinski definition) is 0. The fourth-order valence-corrected chi connectivity index (χ4v) is 5.05. The van der Waals surface area contributed by atoms with Gasteiger partial charge >= 0.3 is 0 Å². The number of likely N-dealkylation sites (N-methyl/N-ethyl adjacent to an activating group) is 1. The molecular formula is C25H24ClN3O2S2. The summed E-state index contributed by atoms with van der Waals surface area (Å²) < 4.78 is 8.17. The number of aromatic nitrogens is 2. The molecule has 0 saturated carbocycles. The summed E-state index contributed by atoms with van der Waals surface area (Å²) in [7, 11) is 0. The summed E-state index contributed by atoms with van der Waals surface area (Å²) >= 11 is 13.2. The predicted molar refractivity (Wildman–Crippen MR) is 140 cm³/mol. The molecule has 2 aromatic carbocycles. The number of rotatable bonds is 8. The summed E-state index contributed by atoms with van der Waals surface area (Å²) in [5.41, 5.74) is 3.30. The number of halogens is 1. The van der Waals surface area contributed by atoms with Crippen LogP contribution in [0, 0.1) is 0 Å². The molecule has 0 aliphatic carbocycles. The maximum absolute atomic E-state index is 12.8. The topological polar surface area (TPSA) is 47.4 Å². The summed E-state index contributed by atoms with van der Waals surface area (Å²) in [6, 6.07) is 15.5. The normalized spacial score (nSPS) is 15.0. The molecule has 1 aromatic heterocycles. The quantitative estimate of drug-likeness (QED) is 0.199. The monoisotopic (exact) mass is 497 g/mol. The molecule has 0 unspecified atom stereocenters. The lowest BCUT2D eigenvalue weighted by molar-refractivity contribution is -0.121. The zero-order chi connectivity index (χ0) is 23.4. The van der Waals surface area contributed by atoms with Crippen molar-refractivity contribution in [2.24, 2.45) is 0 Å². The van der Waals surface area contributed by atoms with Crippen LogP contribution in [0.1, 0.15) is 32.3 Å². The van der Waals surface area contributed by atoms with E-state index < -0.39 is 0 Å². The van der Waals surface area contributed by atoms with Crippen LogP contribution in [0.25, 0.3) is 23.0 Å². The van der Waals surface area contributed by atoms with Gasteiger partial charge in [0, 0.05) is 23.9 Å². The average Bonchev–Trinajstić information content (AvgIpc) is 3.36. The number of amides is 1. The molecule has 1 aliphatic heterocycles. The number of hydrogen-bond acceptors (Lipinski definition) is 5. The summed E-state index contributed by atoms with van der Waals surface area (Å²) in [5.74, 6) is 0.574. The Bertz CT molecular complexity index is 1210. The average molecular weight is 498 g/mol. The van der Waals surface area contributed by atoms with Gasteiger partial charge in [-0.2, -0.15) is 5.10 Å². The zero-order valence-electron chi connectivity index (χ0n) is 18.5. The van der Waals surface area contributed by atoms with Gasteiger partial charge in [-0.15, -0.1) is 0 Å². The second kappa shape index (κ2) is 10.5. The molecule has 0 N–H and O–H groups in total. The largest absolute Gasteiger partial charge is 0.492 e. The maximum Gasteiger partial charge on any atom is 0.266 e. The number of benzene rings is 2. The van der Waals surface area contributed by atoms with Crippen LogP contribution < -0.4 is 4.74 Å². The zero-order valence-corrected chi connectivity index (χ0v) is 20.8. The van der Waals surface area contributed by atoms with Crippen molar-refractivity contribution in [1.29, 1.82) is 0 Å². The third-order valence-electron chi connectivity index (χ3n) is 5.20. The Morgan fingerprint density at radius 3 is 2.64 bits per heavy atom. The van der Waals surface area contributed by atoms with E-state index in [2.05, 4.69) is 6.92 Å². The lowest BCUT2D eigenvalue weighted by atomic mass is 10.1. The van der Waals surface area contributed by atoms with Crippen LogP contribution >= 0.6 is 35.6 Å². The van der Waals surface area contributed by atoms with Gasteiger partial charge in [-0.25, -0.2) is 4.68 Å². The third kappa shape index (κ3) is 5.16. The number of carbonyl (C=O) groups excluding carboxylic acids is 1. The van der Waals surface area contributed by atoms with E-state index in [9.17, 15) is 4.79 Å². The van der Waals surface area contributed by atoms with Crippen molar-refractivity contribution in [3.05, 3.63) is 70.2 Å². The molecule has 8 heteroatoms. The first kappa shape index (κ1) is 23.5. The van der Waals surface area contributed by atoms with E-state index in [4.69, 9.17) is 33.7 Å². The van der Waals surface area contributed by atoms with Gasteiger partial charge in [0.2, 0.25) is 0 Å². The van der Waals surface area contributed by atoms with Gasteiger partial charge in [0.15, 0.2) is 0 Å². The molecular weight excluding hydrogens is 474 g/mol. The molecule has 0 atom stereocenters. The number of thioether (sulfide) groups is 1. The predicted octanol–water partition coefficient (Wildman–Crippen LogP) is 6.59. The highest BCUT2D eigenvalue weighted by Gasteiger charge is 2.31. The first-order chi connectivity index (χ1) is 16.0. The van der Waals surface area contributed by atoms with Crippen molar-refractivity contribution in [3.8, 4) is 22.7 Å². The first-order valence-electron chi connectivity index (χ1n) is 10.8. The minimum atomic E-state index is -0.0800. The molecule has 0 bridgehead atoms. The van der Waals surface area contributed by atoms with E-state index in [1.807, 2.05) is 67.7 Å². The molecule has 0 radical (unpaired) electrons. The fourth-order valence-electron chi connectivity index (χ4n) is 3.44. The van der Waals surface area contributed by atoms with E-state index >= 15 is 0 Å². The third-order valence-corrected chi connectivity index (χ3v) is 6.87. The molecule has 0 spiro atoms. The van der Waals surface area contributed by atoms with Gasteiger partial charge in [0.05, 0.1) is 22.2 Å². The Morgan fingerprint density at radius 1 is 1.18 bits per heavy atom. The van der Waals surface area contributed by atoms with Crippen molar-refractivity contribution < 1.29 is 9.53 Å². The molecule has 5 nitrogen and oxygen atoms in total. The molecule has 4 rings (SSSR count). The molecule has 33 heavy (non-hydrogen) atoms. The Morgan fingerprint density at radius 2 is 1.97 bits per heavy atom. The van der Waals surface area contributed by atoms with Crippen molar-refractivity contribution >= 4 is 51.9 Å². The Hall–Kier alpha value is -2.61. The minimum Gasteiger partial charge on any atom is -0.492 e. The second-order valence-electron chi connectivity index (χ2n) is 7.49.